The number of nitrogens with one attached hydrogen (secondary N) is 2. The molecular formula is C8H18N2O2. The fourth-order valence-electron chi connectivity index (χ4n) is 1.09. The van der Waals surface area contributed by atoms with Crippen LogP contribution in [0.2, 0.25) is 0 Å². The van der Waals surface area contributed by atoms with Gasteiger partial charge < -0.3 is 20.1 Å². The Kier molecular flexibility index (Phi) is 5.27. The minimum absolute atomic E-state index is 0.0318. The third-order valence-electron chi connectivity index (χ3n) is 1.76. The van der Waals surface area contributed by atoms with Gasteiger partial charge >= 0.3 is 0 Å². The molecule has 0 atom stereocenters. The summed E-state index contributed by atoms with van der Waals surface area (Å²) in [6.45, 7) is 4.39. The van der Waals surface area contributed by atoms with Crippen molar-refractivity contribution < 1.29 is 9.47 Å². The van der Waals surface area contributed by atoms with E-state index in [0.717, 1.165) is 39.3 Å². The summed E-state index contributed by atoms with van der Waals surface area (Å²) in [5.41, 5.74) is 0. The van der Waals surface area contributed by atoms with Gasteiger partial charge in [-0.25, -0.2) is 0 Å². The summed E-state index contributed by atoms with van der Waals surface area (Å²) in [5.74, 6) is 0. The van der Waals surface area contributed by atoms with Gasteiger partial charge in [0.15, 0.2) is 6.29 Å². The van der Waals surface area contributed by atoms with Crippen LogP contribution in [0.4, 0.5) is 0 Å². The monoisotopic (exact) mass is 174 g/mol. The van der Waals surface area contributed by atoms with E-state index >= 15 is 0 Å². The van der Waals surface area contributed by atoms with Crippen molar-refractivity contribution in [2.75, 3.05) is 39.9 Å². The maximum atomic E-state index is 5.35. The Bertz CT molecular complexity index is 105. The van der Waals surface area contributed by atoms with Crippen molar-refractivity contribution in [1.29, 1.82) is 0 Å². The van der Waals surface area contributed by atoms with Crippen LogP contribution in [-0.4, -0.2) is 46.2 Å². The second-order valence-corrected chi connectivity index (χ2v) is 2.83. The number of hydrogen-bond donors (Lipinski definition) is 2. The van der Waals surface area contributed by atoms with E-state index in [4.69, 9.17) is 9.47 Å². The van der Waals surface area contributed by atoms with Crippen molar-refractivity contribution in [1.82, 2.24) is 10.6 Å². The maximum absolute atomic E-state index is 5.35. The highest BCUT2D eigenvalue weighted by atomic mass is 16.7. The summed E-state index contributed by atoms with van der Waals surface area (Å²) in [4.78, 5) is 0. The smallest absolute Gasteiger partial charge is 0.169 e. The topological polar surface area (TPSA) is 42.5 Å². The molecule has 1 saturated heterocycles. The lowest BCUT2D eigenvalue weighted by Gasteiger charge is -2.23. The van der Waals surface area contributed by atoms with Crippen LogP contribution in [0.3, 0.4) is 0 Å². The van der Waals surface area contributed by atoms with Gasteiger partial charge in [-0.15, -0.1) is 0 Å². The van der Waals surface area contributed by atoms with Gasteiger partial charge in [-0.2, -0.15) is 0 Å². The van der Waals surface area contributed by atoms with E-state index in [1.165, 1.54) is 0 Å². The zero-order chi connectivity index (χ0) is 8.65. The minimum Gasteiger partial charge on any atom is -0.351 e. The zero-order valence-electron chi connectivity index (χ0n) is 7.64. The predicted molar refractivity (Wildman–Crippen MR) is 47.1 cm³/mol. The molecular weight excluding hydrogens is 156 g/mol. The molecule has 0 aromatic heterocycles. The molecule has 0 aromatic carbocycles. The first-order chi connectivity index (χ1) is 5.93. The van der Waals surface area contributed by atoms with E-state index in [1.807, 2.05) is 7.05 Å². The molecule has 0 amide bonds. The summed E-state index contributed by atoms with van der Waals surface area (Å²) >= 11 is 0. The second-order valence-electron chi connectivity index (χ2n) is 2.83. The summed E-state index contributed by atoms with van der Waals surface area (Å²) in [5, 5.41) is 6.30. The van der Waals surface area contributed by atoms with Crippen LogP contribution in [0.1, 0.15) is 6.42 Å². The molecule has 0 radical (unpaired) electrons. The molecule has 0 bridgehead atoms. The first-order valence-corrected chi connectivity index (χ1v) is 4.52. The number of rotatable bonds is 5. The molecule has 2 N–H and O–H groups in total. The van der Waals surface area contributed by atoms with Gasteiger partial charge in [0.1, 0.15) is 0 Å². The van der Waals surface area contributed by atoms with Crippen molar-refractivity contribution >= 4 is 0 Å². The molecule has 0 saturated carbocycles. The van der Waals surface area contributed by atoms with Gasteiger partial charge in [0, 0.05) is 19.6 Å². The van der Waals surface area contributed by atoms with Crippen molar-refractivity contribution in [3.63, 3.8) is 0 Å². The normalized spacial score (nSPS) is 19.8. The van der Waals surface area contributed by atoms with Crippen LogP contribution in [-0.2, 0) is 9.47 Å². The second kappa shape index (κ2) is 6.37. The molecule has 1 heterocycles. The summed E-state index contributed by atoms with van der Waals surface area (Å²) in [7, 11) is 1.94. The predicted octanol–water partition coefficient (Wildman–Crippen LogP) is -0.442. The number of ether oxygens (including phenoxy) is 2. The van der Waals surface area contributed by atoms with E-state index in [-0.39, 0.29) is 6.29 Å². The van der Waals surface area contributed by atoms with Crippen molar-refractivity contribution in [3.05, 3.63) is 0 Å². The zero-order valence-corrected chi connectivity index (χ0v) is 7.64. The first kappa shape index (κ1) is 9.92. The molecule has 4 heteroatoms. The standard InChI is InChI=1S/C8H18N2O2/c1-9-3-4-10-7-8-11-5-2-6-12-8/h8-10H,2-7H2,1H3. The minimum atomic E-state index is -0.0318. The highest BCUT2D eigenvalue weighted by Crippen LogP contribution is 2.02. The molecule has 0 aliphatic carbocycles. The van der Waals surface area contributed by atoms with Gasteiger partial charge in [0.05, 0.1) is 13.2 Å². The van der Waals surface area contributed by atoms with E-state index in [9.17, 15) is 0 Å². The average Bonchev–Trinajstić information content (AvgIpc) is 2.14. The van der Waals surface area contributed by atoms with E-state index < -0.39 is 0 Å². The van der Waals surface area contributed by atoms with Crippen molar-refractivity contribution in [2.45, 2.75) is 12.7 Å². The Hall–Kier alpha value is -0.160. The van der Waals surface area contributed by atoms with Crippen molar-refractivity contribution in [3.8, 4) is 0 Å². The fraction of sp³-hybridized carbons (Fsp3) is 1.00. The largest absolute Gasteiger partial charge is 0.351 e. The molecule has 72 valence electrons. The van der Waals surface area contributed by atoms with E-state index in [2.05, 4.69) is 10.6 Å². The first-order valence-electron chi connectivity index (χ1n) is 4.52. The molecule has 1 aliphatic rings. The Morgan fingerprint density at radius 1 is 1.25 bits per heavy atom. The third-order valence-corrected chi connectivity index (χ3v) is 1.76. The van der Waals surface area contributed by atoms with Crippen LogP contribution in [0, 0.1) is 0 Å². The van der Waals surface area contributed by atoms with Gasteiger partial charge in [-0.05, 0) is 13.5 Å². The molecule has 4 nitrogen and oxygen atoms in total. The molecule has 1 rings (SSSR count). The Balaban J connectivity index is 1.91. The Morgan fingerprint density at radius 3 is 2.67 bits per heavy atom. The van der Waals surface area contributed by atoms with Crippen LogP contribution in [0.5, 0.6) is 0 Å². The highest BCUT2D eigenvalue weighted by molar-refractivity contribution is 4.56. The van der Waals surface area contributed by atoms with Crippen LogP contribution < -0.4 is 10.6 Å². The SMILES string of the molecule is CNCCNCC1OCCCO1. The van der Waals surface area contributed by atoms with Gasteiger partial charge in [0.2, 0.25) is 0 Å². The quantitative estimate of drug-likeness (QED) is 0.554. The highest BCUT2D eigenvalue weighted by Gasteiger charge is 2.12. The van der Waals surface area contributed by atoms with Crippen LogP contribution >= 0.6 is 0 Å². The van der Waals surface area contributed by atoms with Gasteiger partial charge in [-0.1, -0.05) is 0 Å². The number of likely N-dealkylation sites (N-methyl/N-ethyl adjacent to an activating group) is 1. The van der Waals surface area contributed by atoms with Crippen LogP contribution in [0.25, 0.3) is 0 Å². The van der Waals surface area contributed by atoms with E-state index in [0.29, 0.717) is 0 Å². The fourth-order valence-corrected chi connectivity index (χ4v) is 1.09. The molecule has 0 spiro atoms. The molecule has 1 fully saturated rings. The van der Waals surface area contributed by atoms with Crippen LogP contribution in [0.15, 0.2) is 0 Å². The van der Waals surface area contributed by atoms with Gasteiger partial charge in [-0.3, -0.25) is 0 Å². The molecule has 0 unspecified atom stereocenters. The third kappa shape index (κ3) is 4.01. The molecule has 1 aliphatic heterocycles. The summed E-state index contributed by atoms with van der Waals surface area (Å²) in [6, 6.07) is 0. The summed E-state index contributed by atoms with van der Waals surface area (Å²) < 4.78 is 10.7. The summed E-state index contributed by atoms with van der Waals surface area (Å²) in [6.07, 6.45) is 0.989. The lowest BCUT2D eigenvalue weighted by Crippen LogP contribution is -2.37. The number of hydrogen-bond acceptors (Lipinski definition) is 4. The molecule has 12 heavy (non-hydrogen) atoms. The van der Waals surface area contributed by atoms with Crippen molar-refractivity contribution in [2.24, 2.45) is 0 Å². The van der Waals surface area contributed by atoms with E-state index in [1.54, 1.807) is 0 Å². The average molecular weight is 174 g/mol. The molecule has 0 aromatic rings. The lowest BCUT2D eigenvalue weighted by atomic mass is 10.4. The Morgan fingerprint density at radius 2 is 2.00 bits per heavy atom. The maximum Gasteiger partial charge on any atom is 0.169 e. The Labute approximate surface area is 73.6 Å². The van der Waals surface area contributed by atoms with Gasteiger partial charge in [0.25, 0.3) is 0 Å². The lowest BCUT2D eigenvalue weighted by molar-refractivity contribution is -0.175.